The van der Waals surface area contributed by atoms with Crippen LogP contribution in [0.15, 0.2) is 48.5 Å². The van der Waals surface area contributed by atoms with Gasteiger partial charge in [0.2, 0.25) is 0 Å². The summed E-state index contributed by atoms with van der Waals surface area (Å²) < 4.78 is 11.9. The van der Waals surface area contributed by atoms with E-state index in [1.54, 1.807) is 14.0 Å². The molecule has 0 spiro atoms. The van der Waals surface area contributed by atoms with E-state index in [-0.39, 0.29) is 17.8 Å². The number of rotatable bonds is 8. The van der Waals surface area contributed by atoms with Crippen LogP contribution in [0.5, 0.6) is 11.5 Å². The molecule has 4 rings (SSSR count). The molecule has 5 heteroatoms. The second-order valence-electron chi connectivity index (χ2n) is 9.60. The van der Waals surface area contributed by atoms with Crippen LogP contribution in [0.25, 0.3) is 0 Å². The van der Waals surface area contributed by atoms with Gasteiger partial charge in [-0.25, -0.2) is 0 Å². The van der Waals surface area contributed by atoms with Gasteiger partial charge in [0.1, 0.15) is 6.10 Å². The van der Waals surface area contributed by atoms with Crippen LogP contribution in [-0.4, -0.2) is 48.2 Å². The second-order valence-corrected chi connectivity index (χ2v) is 9.60. The third-order valence-electron chi connectivity index (χ3n) is 7.14. The second kappa shape index (κ2) is 9.63. The summed E-state index contributed by atoms with van der Waals surface area (Å²) >= 11 is 0. The maximum absolute atomic E-state index is 13.2. The van der Waals surface area contributed by atoms with Crippen molar-refractivity contribution in [3.8, 4) is 11.5 Å². The molecule has 2 aromatic carbocycles. The SMILES string of the molecule is COc1ccc([C@@H]2CN(Cc3ccccc3)CC2(C)C(=O)C(C)O)cc1OC1CCCC1. The number of ether oxygens (including phenoxy) is 2. The van der Waals surface area contributed by atoms with Gasteiger partial charge >= 0.3 is 0 Å². The Morgan fingerprint density at radius 3 is 2.53 bits per heavy atom. The summed E-state index contributed by atoms with van der Waals surface area (Å²) in [4.78, 5) is 15.5. The Kier molecular flexibility index (Phi) is 6.87. The molecule has 1 saturated carbocycles. The highest BCUT2D eigenvalue weighted by Crippen LogP contribution is 2.46. The normalized spacial score (nSPS) is 25.1. The molecular weight excluding hydrogens is 402 g/mol. The molecule has 1 aliphatic heterocycles. The van der Waals surface area contributed by atoms with Crippen molar-refractivity contribution in [3.63, 3.8) is 0 Å². The van der Waals surface area contributed by atoms with Crippen molar-refractivity contribution in [2.24, 2.45) is 5.41 Å². The van der Waals surface area contributed by atoms with Gasteiger partial charge in [-0.2, -0.15) is 0 Å². The van der Waals surface area contributed by atoms with Crippen LogP contribution >= 0.6 is 0 Å². The van der Waals surface area contributed by atoms with Gasteiger partial charge in [-0.3, -0.25) is 9.69 Å². The first-order valence-electron chi connectivity index (χ1n) is 11.7. The minimum Gasteiger partial charge on any atom is -0.493 e. The molecule has 0 amide bonds. The number of hydrogen-bond donors (Lipinski definition) is 1. The van der Waals surface area contributed by atoms with E-state index in [1.807, 2.05) is 37.3 Å². The van der Waals surface area contributed by atoms with Crippen molar-refractivity contribution in [2.45, 2.75) is 64.2 Å². The van der Waals surface area contributed by atoms with Crippen LogP contribution in [0, 0.1) is 5.41 Å². The van der Waals surface area contributed by atoms with Crippen LogP contribution in [-0.2, 0) is 11.3 Å². The maximum atomic E-state index is 13.2. The zero-order valence-electron chi connectivity index (χ0n) is 19.4. The van der Waals surface area contributed by atoms with Crippen molar-refractivity contribution >= 4 is 5.78 Å². The van der Waals surface area contributed by atoms with Crippen molar-refractivity contribution < 1.29 is 19.4 Å². The number of aliphatic hydroxyl groups excluding tert-OH is 1. The van der Waals surface area contributed by atoms with Crippen LogP contribution in [0.3, 0.4) is 0 Å². The number of Topliss-reactive ketones (excluding diaryl/α,β-unsaturated/α-hetero) is 1. The monoisotopic (exact) mass is 437 g/mol. The highest BCUT2D eigenvalue weighted by Gasteiger charge is 2.50. The molecule has 1 aliphatic carbocycles. The number of likely N-dealkylation sites (tertiary alicyclic amines) is 1. The molecule has 32 heavy (non-hydrogen) atoms. The summed E-state index contributed by atoms with van der Waals surface area (Å²) in [6.45, 7) is 5.72. The van der Waals surface area contributed by atoms with Crippen molar-refractivity contribution in [3.05, 3.63) is 59.7 Å². The molecule has 2 aliphatic rings. The summed E-state index contributed by atoms with van der Waals surface area (Å²) in [6.07, 6.45) is 3.77. The van der Waals surface area contributed by atoms with Crippen LogP contribution in [0.4, 0.5) is 0 Å². The number of hydrogen-bond acceptors (Lipinski definition) is 5. The van der Waals surface area contributed by atoms with Gasteiger partial charge in [0, 0.05) is 31.0 Å². The average Bonchev–Trinajstić information content (AvgIpc) is 3.42. The van der Waals surface area contributed by atoms with Crippen molar-refractivity contribution in [2.75, 3.05) is 20.2 Å². The molecule has 1 saturated heterocycles. The Morgan fingerprint density at radius 2 is 1.88 bits per heavy atom. The molecule has 2 fully saturated rings. The van der Waals surface area contributed by atoms with Crippen LogP contribution < -0.4 is 9.47 Å². The van der Waals surface area contributed by atoms with Crippen molar-refractivity contribution in [1.82, 2.24) is 4.90 Å². The molecular formula is C27H35NO4. The molecule has 0 bridgehead atoms. The third-order valence-corrected chi connectivity index (χ3v) is 7.14. The summed E-state index contributed by atoms with van der Waals surface area (Å²) in [5, 5.41) is 10.2. The predicted molar refractivity (Wildman–Crippen MR) is 125 cm³/mol. The van der Waals surface area contributed by atoms with Gasteiger partial charge < -0.3 is 14.6 Å². The van der Waals surface area contributed by atoms with E-state index in [0.717, 1.165) is 43.0 Å². The molecule has 1 heterocycles. The minimum absolute atomic E-state index is 0.0369. The fourth-order valence-corrected chi connectivity index (χ4v) is 5.45. The highest BCUT2D eigenvalue weighted by atomic mass is 16.5. The number of benzene rings is 2. The van der Waals surface area contributed by atoms with E-state index < -0.39 is 11.5 Å². The molecule has 2 aromatic rings. The number of carbonyl (C=O) groups excluding carboxylic acids is 1. The summed E-state index contributed by atoms with van der Waals surface area (Å²) in [6, 6.07) is 16.4. The highest BCUT2D eigenvalue weighted by molar-refractivity contribution is 5.89. The first-order chi connectivity index (χ1) is 15.4. The fourth-order valence-electron chi connectivity index (χ4n) is 5.45. The standard InChI is InChI=1S/C27H35NO4/c1-19(29)26(30)27(2)18-28(16-20-9-5-4-6-10-20)17-23(27)21-13-14-24(31-3)25(15-21)32-22-11-7-8-12-22/h4-6,9-10,13-15,19,22-23,29H,7-8,11-12,16-18H2,1-3H3/t19?,23-,27?/m0/s1. The Hall–Kier alpha value is -2.37. The largest absolute Gasteiger partial charge is 0.493 e. The lowest BCUT2D eigenvalue weighted by molar-refractivity contribution is -0.135. The van der Waals surface area contributed by atoms with Crippen LogP contribution in [0.1, 0.15) is 56.6 Å². The Morgan fingerprint density at radius 1 is 1.16 bits per heavy atom. The molecule has 0 aromatic heterocycles. The zero-order chi connectivity index (χ0) is 22.7. The van der Waals surface area contributed by atoms with Gasteiger partial charge in [-0.1, -0.05) is 43.3 Å². The Bertz CT molecular complexity index is 923. The Balaban J connectivity index is 1.64. The molecule has 2 unspecified atom stereocenters. The molecule has 0 radical (unpaired) electrons. The molecule has 1 N–H and O–H groups in total. The zero-order valence-corrected chi connectivity index (χ0v) is 19.4. The van der Waals surface area contributed by atoms with Gasteiger partial charge in [0.05, 0.1) is 13.2 Å². The topological polar surface area (TPSA) is 59.0 Å². The number of methoxy groups -OCH3 is 1. The Labute approximate surface area is 191 Å². The number of carbonyl (C=O) groups is 1. The van der Waals surface area contributed by atoms with E-state index in [1.165, 1.54) is 18.4 Å². The quantitative estimate of drug-likeness (QED) is 0.655. The van der Waals surface area contributed by atoms with Gasteiger partial charge in [0.15, 0.2) is 17.3 Å². The summed E-state index contributed by atoms with van der Waals surface area (Å²) in [5.74, 6) is 1.34. The summed E-state index contributed by atoms with van der Waals surface area (Å²) in [7, 11) is 1.66. The number of aliphatic hydroxyl groups is 1. The van der Waals surface area contributed by atoms with E-state index >= 15 is 0 Å². The van der Waals surface area contributed by atoms with E-state index in [0.29, 0.717) is 6.54 Å². The maximum Gasteiger partial charge on any atom is 0.168 e. The van der Waals surface area contributed by atoms with Gasteiger partial charge in [-0.15, -0.1) is 0 Å². The predicted octanol–water partition coefficient (Wildman–Crippen LogP) is 4.57. The first-order valence-corrected chi connectivity index (χ1v) is 11.7. The lowest BCUT2D eigenvalue weighted by Crippen LogP contribution is -2.40. The number of ketones is 1. The average molecular weight is 438 g/mol. The van der Waals surface area contributed by atoms with E-state index in [4.69, 9.17) is 9.47 Å². The minimum atomic E-state index is -0.994. The fraction of sp³-hybridized carbons (Fsp3) is 0.519. The van der Waals surface area contributed by atoms with E-state index in [9.17, 15) is 9.90 Å². The van der Waals surface area contributed by atoms with Crippen molar-refractivity contribution in [1.29, 1.82) is 0 Å². The smallest absolute Gasteiger partial charge is 0.168 e. The molecule has 3 atom stereocenters. The first kappa shape index (κ1) is 22.8. The molecule has 172 valence electrons. The van der Waals surface area contributed by atoms with E-state index in [2.05, 4.69) is 23.1 Å². The van der Waals surface area contributed by atoms with Gasteiger partial charge in [-0.05, 0) is 55.9 Å². The lowest BCUT2D eigenvalue weighted by Gasteiger charge is -2.31. The third kappa shape index (κ3) is 4.69. The lowest BCUT2D eigenvalue weighted by atomic mass is 9.71. The number of nitrogens with zero attached hydrogens (tertiary/aromatic N) is 1. The summed E-state index contributed by atoms with van der Waals surface area (Å²) in [5.41, 5.74) is 1.60. The molecule has 5 nitrogen and oxygen atoms in total. The van der Waals surface area contributed by atoms with Crippen LogP contribution in [0.2, 0.25) is 0 Å². The van der Waals surface area contributed by atoms with Gasteiger partial charge in [0.25, 0.3) is 0 Å².